The molecule has 4 rings (SSSR count). The van der Waals surface area contributed by atoms with Gasteiger partial charge in [0.1, 0.15) is 29.2 Å². The van der Waals surface area contributed by atoms with Crippen molar-refractivity contribution in [3.05, 3.63) is 41.2 Å². The first kappa shape index (κ1) is 17.9. The van der Waals surface area contributed by atoms with E-state index in [-0.39, 0.29) is 11.5 Å². The van der Waals surface area contributed by atoms with Gasteiger partial charge in [-0.3, -0.25) is 4.90 Å². The quantitative estimate of drug-likeness (QED) is 0.702. The average molecular weight is 368 g/mol. The molecule has 5 heteroatoms. The summed E-state index contributed by atoms with van der Waals surface area (Å²) in [5.74, 6) is 1.11. The van der Waals surface area contributed by atoms with Crippen LogP contribution < -0.4 is 9.64 Å². The number of hydrogen-bond donors (Lipinski definition) is 1. The molecule has 2 heterocycles. The molecule has 27 heavy (non-hydrogen) atoms. The highest BCUT2D eigenvalue weighted by molar-refractivity contribution is 6.16. The fourth-order valence-electron chi connectivity index (χ4n) is 3.87. The molecule has 1 atom stereocenters. The minimum atomic E-state index is -0.339. The van der Waals surface area contributed by atoms with Crippen LogP contribution in [0.5, 0.6) is 5.75 Å². The van der Waals surface area contributed by atoms with E-state index in [0.717, 1.165) is 39.6 Å². The Morgan fingerprint density at radius 1 is 1.22 bits per heavy atom. The lowest BCUT2D eigenvalue weighted by Crippen LogP contribution is -3.19. The topological polar surface area (TPSA) is 53.1 Å². The lowest BCUT2D eigenvalue weighted by molar-refractivity contribution is -0.976. The molecule has 0 saturated carbocycles. The molecule has 1 aliphatic heterocycles. The maximum Gasteiger partial charge on any atom is 0.342 e. The van der Waals surface area contributed by atoms with Gasteiger partial charge in [-0.2, -0.15) is 0 Å². The van der Waals surface area contributed by atoms with Crippen LogP contribution in [0, 0.1) is 6.92 Å². The number of fused-ring (bicyclic) bond motifs is 6. The maximum atomic E-state index is 12.7. The van der Waals surface area contributed by atoms with Crippen molar-refractivity contribution in [2.45, 2.75) is 46.7 Å². The van der Waals surface area contributed by atoms with Gasteiger partial charge in [0.15, 0.2) is 0 Å². The fourth-order valence-corrected chi connectivity index (χ4v) is 3.87. The number of aryl methyl sites for hydroxylation is 1. The maximum absolute atomic E-state index is 12.7. The Labute approximate surface area is 158 Å². The van der Waals surface area contributed by atoms with Crippen LogP contribution in [0.1, 0.15) is 49.4 Å². The molecule has 0 fully saturated rings. The molecule has 0 spiro atoms. The summed E-state index contributed by atoms with van der Waals surface area (Å²) in [5.41, 5.74) is 2.31. The first-order valence-electron chi connectivity index (χ1n) is 9.44. The van der Waals surface area contributed by atoms with Gasteiger partial charge in [0.25, 0.3) is 0 Å². The van der Waals surface area contributed by atoms with Gasteiger partial charge in [-0.1, -0.05) is 24.3 Å². The molecule has 2 aromatic carbocycles. The number of benzene rings is 2. The molecule has 0 saturated heterocycles. The van der Waals surface area contributed by atoms with Crippen LogP contribution in [0.4, 0.5) is 0 Å². The van der Waals surface area contributed by atoms with Crippen molar-refractivity contribution in [3.8, 4) is 5.75 Å². The lowest BCUT2D eigenvalue weighted by Gasteiger charge is -2.36. The van der Waals surface area contributed by atoms with Gasteiger partial charge in [-0.15, -0.1) is 0 Å². The highest BCUT2D eigenvalue weighted by atomic mass is 16.5. The van der Waals surface area contributed by atoms with E-state index < -0.39 is 0 Å². The molecule has 1 unspecified atom stereocenters. The van der Waals surface area contributed by atoms with Crippen LogP contribution in [0.3, 0.4) is 0 Å². The summed E-state index contributed by atoms with van der Waals surface area (Å²) >= 11 is 0. The van der Waals surface area contributed by atoms with Crippen LogP contribution in [0.15, 0.2) is 28.7 Å². The minimum absolute atomic E-state index is 0.0263. The van der Waals surface area contributed by atoms with E-state index in [9.17, 15) is 4.79 Å². The van der Waals surface area contributed by atoms with E-state index >= 15 is 0 Å². The van der Waals surface area contributed by atoms with E-state index in [0.29, 0.717) is 24.7 Å². The van der Waals surface area contributed by atoms with Crippen LogP contribution in [0.25, 0.3) is 21.7 Å². The largest absolute Gasteiger partial charge is 0.462 e. The zero-order valence-electron chi connectivity index (χ0n) is 16.6. The normalized spacial score (nSPS) is 17.0. The standard InChI is InChI=1S/C22H25NO4/c1-6-25-21(24)17-13(2)27-20-15-10-8-7-9-14(15)19-16(18(17)20)11-23(12-26-19)22(3,4)5/h7-10H,6,11-12H2,1-5H3/p+1. The van der Waals surface area contributed by atoms with Crippen molar-refractivity contribution in [2.75, 3.05) is 13.3 Å². The van der Waals surface area contributed by atoms with E-state index in [1.165, 1.54) is 4.90 Å². The molecule has 0 amide bonds. The SMILES string of the molecule is CCOC(=O)c1c(C)oc2c1c1c(c3ccccc32)OC[NH+](C(C)(C)C)C1. The monoisotopic (exact) mass is 368 g/mol. The predicted molar refractivity (Wildman–Crippen MR) is 104 cm³/mol. The summed E-state index contributed by atoms with van der Waals surface area (Å²) < 4.78 is 17.7. The number of furan rings is 1. The fraction of sp³-hybridized carbons (Fsp3) is 0.409. The van der Waals surface area contributed by atoms with Crippen LogP contribution in [-0.4, -0.2) is 24.8 Å². The van der Waals surface area contributed by atoms with Gasteiger partial charge in [-0.05, 0) is 34.6 Å². The first-order valence-corrected chi connectivity index (χ1v) is 9.44. The van der Waals surface area contributed by atoms with Gasteiger partial charge in [0, 0.05) is 16.2 Å². The zero-order valence-corrected chi connectivity index (χ0v) is 16.6. The zero-order chi connectivity index (χ0) is 19.3. The van der Waals surface area contributed by atoms with E-state index in [2.05, 4.69) is 26.8 Å². The Bertz CT molecular complexity index is 1040. The number of nitrogens with one attached hydrogen (secondary N) is 1. The summed E-state index contributed by atoms with van der Waals surface area (Å²) in [6, 6.07) is 8.05. The second-order valence-corrected chi connectivity index (χ2v) is 8.13. The highest BCUT2D eigenvalue weighted by Gasteiger charge is 2.35. The molecule has 1 aromatic heterocycles. The molecule has 1 aliphatic rings. The third kappa shape index (κ3) is 2.77. The second kappa shape index (κ2) is 6.27. The molecular weight excluding hydrogens is 342 g/mol. The van der Waals surface area contributed by atoms with Crippen molar-refractivity contribution in [2.24, 2.45) is 0 Å². The Hall–Kier alpha value is -2.53. The average Bonchev–Trinajstić information content (AvgIpc) is 2.98. The van der Waals surface area contributed by atoms with E-state index in [1.54, 1.807) is 0 Å². The van der Waals surface area contributed by atoms with Crippen molar-refractivity contribution >= 4 is 27.7 Å². The van der Waals surface area contributed by atoms with Crippen LogP contribution >= 0.6 is 0 Å². The summed E-state index contributed by atoms with van der Waals surface area (Å²) in [7, 11) is 0. The Morgan fingerprint density at radius 3 is 2.59 bits per heavy atom. The number of carbonyl (C=O) groups excluding carboxylic acids is 1. The van der Waals surface area contributed by atoms with Crippen molar-refractivity contribution < 1.29 is 23.6 Å². The summed E-state index contributed by atoms with van der Waals surface area (Å²) in [5, 5.41) is 2.82. The van der Waals surface area contributed by atoms with Gasteiger partial charge < -0.3 is 13.9 Å². The molecule has 0 bridgehead atoms. The van der Waals surface area contributed by atoms with Gasteiger partial charge in [-0.25, -0.2) is 4.79 Å². The summed E-state index contributed by atoms with van der Waals surface area (Å²) in [4.78, 5) is 14.0. The molecule has 3 aromatic rings. The van der Waals surface area contributed by atoms with Crippen molar-refractivity contribution in [1.29, 1.82) is 0 Å². The van der Waals surface area contributed by atoms with Gasteiger partial charge >= 0.3 is 5.97 Å². The van der Waals surface area contributed by atoms with Crippen LogP contribution in [0.2, 0.25) is 0 Å². The number of ether oxygens (including phenoxy) is 2. The lowest BCUT2D eigenvalue weighted by atomic mass is 9.95. The summed E-state index contributed by atoms with van der Waals surface area (Å²) in [6.45, 7) is 11.9. The molecule has 5 nitrogen and oxygen atoms in total. The molecule has 1 N–H and O–H groups in total. The second-order valence-electron chi connectivity index (χ2n) is 8.13. The number of esters is 1. The minimum Gasteiger partial charge on any atom is -0.462 e. The van der Waals surface area contributed by atoms with Crippen molar-refractivity contribution in [1.82, 2.24) is 0 Å². The number of hydrogen-bond acceptors (Lipinski definition) is 4. The Kier molecular flexibility index (Phi) is 4.15. The third-order valence-electron chi connectivity index (χ3n) is 5.40. The third-order valence-corrected chi connectivity index (χ3v) is 5.40. The molecule has 142 valence electrons. The smallest absolute Gasteiger partial charge is 0.342 e. The predicted octanol–water partition coefficient (Wildman–Crippen LogP) is 3.60. The molecule has 0 radical (unpaired) electrons. The van der Waals surface area contributed by atoms with Crippen LogP contribution in [-0.2, 0) is 11.3 Å². The molecule has 0 aliphatic carbocycles. The van der Waals surface area contributed by atoms with Gasteiger partial charge in [0.05, 0.1) is 17.7 Å². The number of quaternary nitrogens is 1. The highest BCUT2D eigenvalue weighted by Crippen LogP contribution is 2.42. The number of carbonyl (C=O) groups is 1. The van der Waals surface area contributed by atoms with Crippen molar-refractivity contribution in [3.63, 3.8) is 0 Å². The van der Waals surface area contributed by atoms with E-state index in [1.807, 2.05) is 32.0 Å². The van der Waals surface area contributed by atoms with E-state index in [4.69, 9.17) is 13.9 Å². The molecular formula is C22H26NO4+. The Balaban J connectivity index is 2.07. The summed E-state index contributed by atoms with van der Waals surface area (Å²) in [6.07, 6.45) is 0. The Morgan fingerprint density at radius 2 is 1.93 bits per heavy atom. The first-order chi connectivity index (χ1) is 12.8. The number of rotatable bonds is 2. The van der Waals surface area contributed by atoms with Gasteiger partial charge in [0.2, 0.25) is 6.73 Å².